The van der Waals surface area contributed by atoms with Crippen molar-refractivity contribution in [2.45, 2.75) is 0 Å². The van der Waals surface area contributed by atoms with Gasteiger partial charge in [-0.25, -0.2) is 19.9 Å². The van der Waals surface area contributed by atoms with Gasteiger partial charge in [-0.05, 0) is 181 Å². The van der Waals surface area contributed by atoms with E-state index in [1.807, 2.05) is 0 Å². The van der Waals surface area contributed by atoms with Crippen LogP contribution >= 0.6 is 0 Å². The number of para-hydroxylation sites is 8. The minimum absolute atomic E-state index is 0.766. The highest BCUT2D eigenvalue weighted by molar-refractivity contribution is 6.03. The lowest BCUT2D eigenvalue weighted by Gasteiger charge is -2.26. The lowest BCUT2D eigenvalue weighted by molar-refractivity contribution is 1.26. The van der Waals surface area contributed by atoms with Crippen LogP contribution in [-0.4, -0.2) is 19.9 Å². The Hall–Kier alpha value is -12.8. The van der Waals surface area contributed by atoms with Gasteiger partial charge >= 0.3 is 0 Å². The van der Waals surface area contributed by atoms with Gasteiger partial charge in [0.2, 0.25) is 0 Å². The van der Waals surface area contributed by atoms with Crippen molar-refractivity contribution in [3.8, 4) is 45.0 Å². The van der Waals surface area contributed by atoms with E-state index in [4.69, 9.17) is 19.9 Å². The first-order valence-corrected chi connectivity index (χ1v) is 31.6. The van der Waals surface area contributed by atoms with Crippen LogP contribution in [0.2, 0.25) is 0 Å². The Morgan fingerprint density at radius 1 is 0.149 bits per heavy atom. The summed E-state index contributed by atoms with van der Waals surface area (Å²) >= 11 is 0. The minimum atomic E-state index is 0.766. The minimum Gasteiger partial charge on any atom is -0.311 e. The Kier molecular flexibility index (Phi) is 15.2. The van der Waals surface area contributed by atoms with Gasteiger partial charge in [0.15, 0.2) is 0 Å². The SMILES string of the molecule is c1ccc(N(c2ccccc2)c2ccc(-c3nc4cc5cc6nc(-c7ccc(N(c8ccccc8)c8ccccc8)cc7)c(-c7ccc(N(c8ccccc8)c8ccccc8)cc7)nc6cc5cc4nc3-c3ccc(N(c4ccccc4)c4ccccc4)cc3)cc2)cc1. The first-order valence-electron chi connectivity index (χ1n) is 31.6. The van der Waals surface area contributed by atoms with Crippen molar-refractivity contribution in [1.29, 1.82) is 0 Å². The largest absolute Gasteiger partial charge is 0.311 e. The van der Waals surface area contributed by atoms with E-state index in [-0.39, 0.29) is 0 Å². The van der Waals surface area contributed by atoms with Crippen molar-refractivity contribution in [2.24, 2.45) is 0 Å². The summed E-state index contributed by atoms with van der Waals surface area (Å²) in [4.78, 5) is 31.5. The highest BCUT2D eigenvalue weighted by Gasteiger charge is 2.22. The zero-order chi connectivity index (χ0) is 62.6. The van der Waals surface area contributed by atoms with Crippen LogP contribution in [0.3, 0.4) is 0 Å². The standard InChI is InChI=1S/C86H60N8/c1-9-25-67(26-10-1)91(68-27-11-2-12-28-68)75-49-41-61(42-50-75)83-84(62-43-51-76(52-44-62)92(69-29-13-3-14-30-69)70-31-15-4-16-32-70)88-80-58-66-60-82-81(59-65(66)57-79(80)87-83)89-85(63-45-53-77(54-46-63)93(71-33-17-5-18-34-71)72-35-19-6-20-36-72)86(90-82)64-47-55-78(56-48-64)94(73-37-21-7-22-38-73)74-39-23-8-24-40-74/h1-60H. The molecule has 0 bridgehead atoms. The first kappa shape index (κ1) is 56.5. The molecule has 94 heavy (non-hydrogen) atoms. The quantitative estimate of drug-likeness (QED) is 0.0887. The molecule has 0 saturated heterocycles. The van der Waals surface area contributed by atoms with Crippen molar-refractivity contribution in [1.82, 2.24) is 19.9 Å². The van der Waals surface area contributed by atoms with Gasteiger partial charge < -0.3 is 19.6 Å². The van der Waals surface area contributed by atoms with Gasteiger partial charge in [-0.3, -0.25) is 0 Å². The monoisotopic (exact) mass is 1200 g/mol. The molecule has 16 rings (SSSR count). The van der Waals surface area contributed by atoms with Crippen molar-refractivity contribution >= 4 is 101 Å². The summed E-state index contributed by atoms with van der Waals surface area (Å²) in [6.07, 6.45) is 0. The molecule has 0 atom stereocenters. The van der Waals surface area contributed by atoms with Crippen molar-refractivity contribution in [3.63, 3.8) is 0 Å². The van der Waals surface area contributed by atoms with Crippen LogP contribution in [0, 0.1) is 0 Å². The van der Waals surface area contributed by atoms with Crippen LogP contribution in [0.1, 0.15) is 0 Å². The third-order valence-electron chi connectivity index (χ3n) is 17.1. The number of hydrogen-bond donors (Lipinski definition) is 0. The molecule has 0 unspecified atom stereocenters. The summed E-state index contributed by atoms with van der Waals surface area (Å²) in [6, 6.07) is 127. The van der Waals surface area contributed by atoms with E-state index in [0.29, 0.717) is 0 Å². The fraction of sp³-hybridized carbons (Fsp3) is 0. The molecule has 444 valence electrons. The van der Waals surface area contributed by atoms with Gasteiger partial charge in [0.1, 0.15) is 0 Å². The van der Waals surface area contributed by atoms with E-state index in [9.17, 15) is 0 Å². The number of hydrogen-bond acceptors (Lipinski definition) is 8. The fourth-order valence-electron chi connectivity index (χ4n) is 12.6. The number of anilines is 12. The summed E-state index contributed by atoms with van der Waals surface area (Å²) in [7, 11) is 0. The second-order valence-electron chi connectivity index (χ2n) is 23.1. The summed E-state index contributed by atoms with van der Waals surface area (Å²) in [5.41, 5.74) is 22.6. The Labute approximate surface area is 546 Å². The average Bonchev–Trinajstić information content (AvgIpc) is 0.758. The molecule has 0 N–H and O–H groups in total. The van der Waals surface area contributed by atoms with E-state index in [2.05, 4.69) is 384 Å². The van der Waals surface area contributed by atoms with Gasteiger partial charge in [0.05, 0.1) is 44.8 Å². The van der Waals surface area contributed by atoms with Crippen LogP contribution in [0.25, 0.3) is 77.9 Å². The Morgan fingerprint density at radius 2 is 0.287 bits per heavy atom. The summed E-state index contributed by atoms with van der Waals surface area (Å²) in [6.45, 7) is 0. The molecule has 0 aliphatic heterocycles. The number of aromatic nitrogens is 4. The summed E-state index contributed by atoms with van der Waals surface area (Å²) in [5.74, 6) is 0. The molecular formula is C86H60N8. The number of benzene rings is 14. The normalized spacial score (nSPS) is 11.2. The van der Waals surface area contributed by atoms with Crippen LogP contribution in [0.5, 0.6) is 0 Å². The van der Waals surface area contributed by atoms with Gasteiger partial charge in [-0.15, -0.1) is 0 Å². The average molecular weight is 1210 g/mol. The third kappa shape index (κ3) is 11.3. The zero-order valence-electron chi connectivity index (χ0n) is 51.2. The lowest BCUT2D eigenvalue weighted by atomic mass is 10.0. The summed E-state index contributed by atoms with van der Waals surface area (Å²) < 4.78 is 0. The molecule has 0 radical (unpaired) electrons. The number of nitrogens with zero attached hydrogens (tertiary/aromatic N) is 8. The lowest BCUT2D eigenvalue weighted by Crippen LogP contribution is -2.09. The molecule has 0 amide bonds. The Balaban J connectivity index is 0.840. The molecule has 0 saturated carbocycles. The molecule has 2 heterocycles. The molecule has 2 aromatic heterocycles. The van der Waals surface area contributed by atoms with Crippen LogP contribution in [0.15, 0.2) is 364 Å². The predicted molar refractivity (Wildman–Crippen MR) is 391 cm³/mol. The van der Waals surface area contributed by atoms with Gasteiger partial charge in [0, 0.05) is 90.5 Å². The summed E-state index contributed by atoms with van der Waals surface area (Å²) in [5, 5.41) is 1.96. The molecule has 0 aliphatic rings. The van der Waals surface area contributed by atoms with Gasteiger partial charge in [-0.1, -0.05) is 194 Å². The van der Waals surface area contributed by atoms with Crippen LogP contribution in [-0.2, 0) is 0 Å². The maximum atomic E-state index is 5.61. The van der Waals surface area contributed by atoms with Gasteiger partial charge in [-0.2, -0.15) is 0 Å². The second kappa shape index (κ2) is 25.2. The van der Waals surface area contributed by atoms with E-state index in [0.717, 1.165) is 146 Å². The van der Waals surface area contributed by atoms with Crippen LogP contribution in [0.4, 0.5) is 68.2 Å². The first-order chi connectivity index (χ1) is 46.6. The second-order valence-corrected chi connectivity index (χ2v) is 23.1. The van der Waals surface area contributed by atoms with Crippen molar-refractivity contribution in [2.75, 3.05) is 19.6 Å². The topological polar surface area (TPSA) is 64.5 Å². The smallest absolute Gasteiger partial charge is 0.0973 e. The van der Waals surface area contributed by atoms with E-state index in [1.165, 1.54) is 0 Å². The fourth-order valence-corrected chi connectivity index (χ4v) is 12.6. The molecule has 8 heteroatoms. The Morgan fingerprint density at radius 3 is 0.436 bits per heavy atom. The molecule has 0 spiro atoms. The molecular weight excluding hydrogens is 1150 g/mol. The van der Waals surface area contributed by atoms with Crippen LogP contribution < -0.4 is 19.6 Å². The van der Waals surface area contributed by atoms with Crippen molar-refractivity contribution in [3.05, 3.63) is 364 Å². The van der Waals surface area contributed by atoms with E-state index in [1.54, 1.807) is 0 Å². The number of rotatable bonds is 16. The van der Waals surface area contributed by atoms with E-state index >= 15 is 0 Å². The number of fused-ring (bicyclic) bond motifs is 3. The molecule has 16 aromatic rings. The van der Waals surface area contributed by atoms with E-state index < -0.39 is 0 Å². The maximum absolute atomic E-state index is 5.61. The highest BCUT2D eigenvalue weighted by atomic mass is 15.2. The van der Waals surface area contributed by atoms with Gasteiger partial charge in [0.25, 0.3) is 0 Å². The molecule has 14 aromatic carbocycles. The van der Waals surface area contributed by atoms with Crippen molar-refractivity contribution < 1.29 is 0 Å². The molecule has 0 fully saturated rings. The zero-order valence-corrected chi connectivity index (χ0v) is 51.2. The predicted octanol–water partition coefficient (Wildman–Crippen LogP) is 23.3. The maximum Gasteiger partial charge on any atom is 0.0973 e. The highest BCUT2D eigenvalue weighted by Crippen LogP contribution is 2.43. The Bertz CT molecular complexity index is 4430. The third-order valence-corrected chi connectivity index (χ3v) is 17.1. The molecule has 0 aliphatic carbocycles. The molecule has 8 nitrogen and oxygen atoms in total.